The largest absolute Gasteiger partial charge is 0.494 e. The molecule has 0 bridgehead atoms. The molecule has 0 amide bonds. The summed E-state index contributed by atoms with van der Waals surface area (Å²) in [5, 5.41) is 0. The van der Waals surface area contributed by atoms with Crippen LogP contribution in [0.3, 0.4) is 0 Å². The summed E-state index contributed by atoms with van der Waals surface area (Å²) in [6.07, 6.45) is 0.654. The maximum atomic E-state index is 5.74. The van der Waals surface area contributed by atoms with Crippen molar-refractivity contribution >= 4 is 16.8 Å². The predicted octanol–water partition coefficient (Wildman–Crippen LogP) is 3.40. The number of benzene rings is 2. The molecule has 0 spiro atoms. The van der Waals surface area contributed by atoms with Crippen LogP contribution in [-0.2, 0) is 6.42 Å². The van der Waals surface area contributed by atoms with E-state index in [0.717, 1.165) is 22.4 Å². The number of hydrogen-bond acceptors (Lipinski definition) is 4. The van der Waals surface area contributed by atoms with Crippen LogP contribution < -0.4 is 10.5 Å². The van der Waals surface area contributed by atoms with Crippen LogP contribution in [0.2, 0.25) is 0 Å². The Morgan fingerprint density at radius 2 is 1.95 bits per heavy atom. The van der Waals surface area contributed by atoms with Gasteiger partial charge in [0.2, 0.25) is 0 Å². The van der Waals surface area contributed by atoms with E-state index in [0.29, 0.717) is 24.6 Å². The highest BCUT2D eigenvalue weighted by atomic mass is 16.5. The zero-order chi connectivity index (χ0) is 13.9. The van der Waals surface area contributed by atoms with Crippen molar-refractivity contribution in [2.24, 2.45) is 0 Å². The number of rotatable bonds is 4. The van der Waals surface area contributed by atoms with Gasteiger partial charge in [-0.25, -0.2) is 4.98 Å². The standard InChI is InChI=1S/C16H16N2O2/c1-2-19-13-6-3-11(4-7-13)9-16-18-14-10-12(17)5-8-15(14)20-16/h3-8,10H,2,9,17H2,1H3. The number of nitrogens with zero attached hydrogens (tertiary/aromatic N) is 1. The molecule has 0 aliphatic heterocycles. The van der Waals surface area contributed by atoms with Gasteiger partial charge >= 0.3 is 0 Å². The maximum absolute atomic E-state index is 5.74. The van der Waals surface area contributed by atoms with Crippen molar-refractivity contribution in [3.8, 4) is 5.75 Å². The van der Waals surface area contributed by atoms with Gasteiger partial charge in [-0.1, -0.05) is 12.1 Å². The van der Waals surface area contributed by atoms with E-state index >= 15 is 0 Å². The summed E-state index contributed by atoms with van der Waals surface area (Å²) in [5.41, 5.74) is 9.12. The van der Waals surface area contributed by atoms with E-state index in [2.05, 4.69) is 4.98 Å². The van der Waals surface area contributed by atoms with E-state index in [1.165, 1.54) is 0 Å². The van der Waals surface area contributed by atoms with Gasteiger partial charge in [-0.15, -0.1) is 0 Å². The average molecular weight is 268 g/mol. The normalized spacial score (nSPS) is 10.8. The minimum atomic E-state index is 0.654. The van der Waals surface area contributed by atoms with Crippen LogP contribution in [0.15, 0.2) is 46.9 Å². The van der Waals surface area contributed by atoms with Gasteiger partial charge in [0.1, 0.15) is 11.3 Å². The van der Waals surface area contributed by atoms with Crippen molar-refractivity contribution in [3.05, 3.63) is 53.9 Å². The van der Waals surface area contributed by atoms with Gasteiger partial charge in [0.15, 0.2) is 11.5 Å². The molecule has 0 unspecified atom stereocenters. The van der Waals surface area contributed by atoms with Gasteiger partial charge in [-0.05, 0) is 42.8 Å². The summed E-state index contributed by atoms with van der Waals surface area (Å²) in [7, 11) is 0. The van der Waals surface area contributed by atoms with Crippen LogP contribution in [0.1, 0.15) is 18.4 Å². The Kier molecular flexibility index (Phi) is 3.29. The zero-order valence-electron chi connectivity index (χ0n) is 11.3. The van der Waals surface area contributed by atoms with Gasteiger partial charge in [0.05, 0.1) is 6.61 Å². The monoisotopic (exact) mass is 268 g/mol. The van der Waals surface area contributed by atoms with E-state index in [1.54, 1.807) is 0 Å². The first-order chi connectivity index (χ1) is 9.74. The summed E-state index contributed by atoms with van der Waals surface area (Å²) in [6, 6.07) is 13.4. The number of hydrogen-bond donors (Lipinski definition) is 1. The van der Waals surface area contributed by atoms with E-state index in [4.69, 9.17) is 14.9 Å². The molecule has 102 valence electrons. The molecule has 3 rings (SSSR count). The van der Waals surface area contributed by atoms with Crippen molar-refractivity contribution in [3.63, 3.8) is 0 Å². The molecule has 0 aliphatic rings. The molecule has 0 saturated heterocycles. The molecule has 1 aromatic heterocycles. The lowest BCUT2D eigenvalue weighted by molar-refractivity contribution is 0.340. The number of oxazole rings is 1. The molecule has 0 saturated carbocycles. The van der Waals surface area contributed by atoms with Crippen molar-refractivity contribution in [1.82, 2.24) is 4.98 Å². The Morgan fingerprint density at radius 3 is 2.70 bits per heavy atom. The van der Waals surface area contributed by atoms with Gasteiger partial charge in [-0.2, -0.15) is 0 Å². The molecule has 0 radical (unpaired) electrons. The van der Waals surface area contributed by atoms with Crippen LogP contribution in [0.4, 0.5) is 5.69 Å². The number of aromatic nitrogens is 1. The Hall–Kier alpha value is -2.49. The summed E-state index contributed by atoms with van der Waals surface area (Å²) in [5.74, 6) is 1.57. The molecule has 3 aromatic rings. The van der Waals surface area contributed by atoms with Crippen molar-refractivity contribution < 1.29 is 9.15 Å². The molecule has 0 fully saturated rings. The van der Waals surface area contributed by atoms with Crippen LogP contribution in [0.5, 0.6) is 5.75 Å². The molecule has 1 heterocycles. The summed E-state index contributed by atoms with van der Waals surface area (Å²) in [4.78, 5) is 4.45. The summed E-state index contributed by atoms with van der Waals surface area (Å²) >= 11 is 0. The lowest BCUT2D eigenvalue weighted by Crippen LogP contribution is -1.92. The highest BCUT2D eigenvalue weighted by Gasteiger charge is 2.07. The van der Waals surface area contributed by atoms with Crippen molar-refractivity contribution in [2.45, 2.75) is 13.3 Å². The molecule has 4 nitrogen and oxygen atoms in total. The fraction of sp³-hybridized carbons (Fsp3) is 0.188. The second-order valence-corrected chi connectivity index (χ2v) is 4.59. The fourth-order valence-electron chi connectivity index (χ4n) is 2.11. The van der Waals surface area contributed by atoms with E-state index in [-0.39, 0.29) is 0 Å². The third-order valence-corrected chi connectivity index (χ3v) is 3.05. The summed E-state index contributed by atoms with van der Waals surface area (Å²) in [6.45, 7) is 2.64. The number of fused-ring (bicyclic) bond motifs is 1. The average Bonchev–Trinajstić information content (AvgIpc) is 2.82. The maximum Gasteiger partial charge on any atom is 0.199 e. The SMILES string of the molecule is CCOc1ccc(Cc2nc3cc(N)ccc3o2)cc1. The Labute approximate surface area is 117 Å². The number of nitrogens with two attached hydrogens (primary N) is 1. The third kappa shape index (κ3) is 2.59. The van der Waals surface area contributed by atoms with Crippen LogP contribution in [0.25, 0.3) is 11.1 Å². The molecule has 0 atom stereocenters. The quantitative estimate of drug-likeness (QED) is 0.737. The molecule has 20 heavy (non-hydrogen) atoms. The highest BCUT2D eigenvalue weighted by Crippen LogP contribution is 2.21. The van der Waals surface area contributed by atoms with Crippen molar-refractivity contribution in [1.29, 1.82) is 0 Å². The molecule has 2 N–H and O–H groups in total. The van der Waals surface area contributed by atoms with E-state index in [9.17, 15) is 0 Å². The summed E-state index contributed by atoms with van der Waals surface area (Å²) < 4.78 is 11.1. The first-order valence-electron chi connectivity index (χ1n) is 6.61. The smallest absolute Gasteiger partial charge is 0.199 e. The minimum Gasteiger partial charge on any atom is -0.494 e. The van der Waals surface area contributed by atoms with E-state index < -0.39 is 0 Å². The first kappa shape index (κ1) is 12.5. The van der Waals surface area contributed by atoms with E-state index in [1.807, 2.05) is 49.4 Å². The van der Waals surface area contributed by atoms with Gasteiger partial charge in [0, 0.05) is 12.1 Å². The van der Waals surface area contributed by atoms with Crippen LogP contribution in [-0.4, -0.2) is 11.6 Å². The zero-order valence-corrected chi connectivity index (χ0v) is 11.3. The molecule has 4 heteroatoms. The Balaban J connectivity index is 1.81. The van der Waals surface area contributed by atoms with Crippen molar-refractivity contribution in [2.75, 3.05) is 12.3 Å². The number of anilines is 1. The Morgan fingerprint density at radius 1 is 1.15 bits per heavy atom. The molecule has 0 aliphatic carbocycles. The number of ether oxygens (including phenoxy) is 1. The molecular weight excluding hydrogens is 252 g/mol. The van der Waals surface area contributed by atoms with Gasteiger partial charge < -0.3 is 14.9 Å². The molecular formula is C16H16N2O2. The highest BCUT2D eigenvalue weighted by molar-refractivity contribution is 5.76. The minimum absolute atomic E-state index is 0.654. The molecule has 2 aromatic carbocycles. The van der Waals surface area contributed by atoms with Gasteiger partial charge in [-0.3, -0.25) is 0 Å². The van der Waals surface area contributed by atoms with Gasteiger partial charge in [0.25, 0.3) is 0 Å². The fourth-order valence-corrected chi connectivity index (χ4v) is 2.11. The topological polar surface area (TPSA) is 61.3 Å². The lowest BCUT2D eigenvalue weighted by atomic mass is 10.1. The van der Waals surface area contributed by atoms with Crippen LogP contribution >= 0.6 is 0 Å². The first-order valence-corrected chi connectivity index (χ1v) is 6.61. The predicted molar refractivity (Wildman–Crippen MR) is 78.8 cm³/mol. The number of nitrogen functional groups attached to an aromatic ring is 1. The Bertz CT molecular complexity index is 717. The lowest BCUT2D eigenvalue weighted by Gasteiger charge is -2.03. The second-order valence-electron chi connectivity index (χ2n) is 4.59. The third-order valence-electron chi connectivity index (χ3n) is 3.05. The second kappa shape index (κ2) is 5.25. The van der Waals surface area contributed by atoms with Crippen LogP contribution in [0, 0.1) is 0 Å².